The second kappa shape index (κ2) is 3.70. The van der Waals surface area contributed by atoms with Crippen LogP contribution in [0, 0.1) is 6.92 Å². The van der Waals surface area contributed by atoms with Crippen molar-refractivity contribution in [2.45, 2.75) is 6.92 Å². The van der Waals surface area contributed by atoms with Gasteiger partial charge in [0.15, 0.2) is 11.4 Å². The maximum atomic E-state index is 10.6. The monoisotopic (exact) mass is 260 g/mol. The molecule has 0 aliphatic rings. The number of hydrogen-bond donors (Lipinski definition) is 2. The molecule has 1 aromatic rings. The number of carboxylic acids is 2. The molecule has 0 saturated carbocycles. The lowest BCUT2D eigenvalue weighted by molar-refractivity contribution is 0.0668. The van der Waals surface area contributed by atoms with Crippen molar-refractivity contribution in [3.63, 3.8) is 0 Å². The van der Waals surface area contributed by atoms with Crippen LogP contribution in [0.3, 0.4) is 0 Å². The van der Waals surface area contributed by atoms with Crippen LogP contribution >= 0.6 is 15.9 Å². The van der Waals surface area contributed by atoms with Crippen LogP contribution < -0.4 is 0 Å². The first-order valence-electron chi connectivity index (χ1n) is 3.44. The Morgan fingerprint density at radius 2 is 1.64 bits per heavy atom. The van der Waals surface area contributed by atoms with Crippen LogP contribution in [0.2, 0.25) is 0 Å². The van der Waals surface area contributed by atoms with E-state index < -0.39 is 11.9 Å². The Morgan fingerprint density at radius 3 is 2.07 bits per heavy atom. The number of carboxylic acid groups (broad SMARTS) is 2. The van der Waals surface area contributed by atoms with E-state index in [1.165, 1.54) is 6.92 Å². The van der Waals surface area contributed by atoms with Crippen molar-refractivity contribution in [2.24, 2.45) is 0 Å². The fourth-order valence-electron chi connectivity index (χ4n) is 0.837. The maximum absolute atomic E-state index is 10.6. The summed E-state index contributed by atoms with van der Waals surface area (Å²) < 4.78 is -0.0898. The standard InChI is InChI=1S/C7H5BrN2O4/c1-2-3(6(11)12)10-5(8)4(9-2)7(13)14/h1H3,(H,11,12)(H,13,14). The van der Waals surface area contributed by atoms with E-state index in [9.17, 15) is 9.59 Å². The van der Waals surface area contributed by atoms with Gasteiger partial charge in [-0.25, -0.2) is 19.6 Å². The Labute approximate surface area is 86.7 Å². The lowest BCUT2D eigenvalue weighted by atomic mass is 10.3. The molecule has 0 atom stereocenters. The molecule has 0 fully saturated rings. The van der Waals surface area contributed by atoms with Gasteiger partial charge < -0.3 is 10.2 Å². The van der Waals surface area contributed by atoms with E-state index in [1.54, 1.807) is 0 Å². The average Bonchev–Trinajstić information content (AvgIpc) is 2.07. The van der Waals surface area contributed by atoms with E-state index in [-0.39, 0.29) is 21.7 Å². The molecule has 74 valence electrons. The van der Waals surface area contributed by atoms with Crippen LogP contribution in [0.5, 0.6) is 0 Å². The van der Waals surface area contributed by atoms with Gasteiger partial charge in [-0.2, -0.15) is 0 Å². The van der Waals surface area contributed by atoms with Gasteiger partial charge >= 0.3 is 11.9 Å². The summed E-state index contributed by atoms with van der Waals surface area (Å²) in [5.74, 6) is -2.50. The summed E-state index contributed by atoms with van der Waals surface area (Å²) in [6.45, 7) is 1.38. The highest BCUT2D eigenvalue weighted by atomic mass is 79.9. The topological polar surface area (TPSA) is 100 Å². The van der Waals surface area contributed by atoms with Crippen molar-refractivity contribution in [1.29, 1.82) is 0 Å². The van der Waals surface area contributed by atoms with Gasteiger partial charge in [-0.05, 0) is 22.9 Å². The molecule has 0 unspecified atom stereocenters. The van der Waals surface area contributed by atoms with E-state index >= 15 is 0 Å². The van der Waals surface area contributed by atoms with E-state index in [2.05, 4.69) is 25.9 Å². The SMILES string of the molecule is Cc1nc(C(=O)O)c(Br)nc1C(=O)O. The lowest BCUT2D eigenvalue weighted by Gasteiger charge is -2.02. The normalized spacial score (nSPS) is 9.86. The Kier molecular flexibility index (Phi) is 2.80. The molecule has 1 heterocycles. The smallest absolute Gasteiger partial charge is 0.357 e. The number of carbonyl (C=O) groups is 2. The number of aryl methyl sites for hydroxylation is 1. The summed E-state index contributed by atoms with van der Waals surface area (Å²) in [5, 5.41) is 17.3. The van der Waals surface area contributed by atoms with Gasteiger partial charge in [0.1, 0.15) is 4.60 Å². The molecule has 0 spiro atoms. The predicted molar refractivity (Wildman–Crippen MR) is 48.4 cm³/mol. The van der Waals surface area contributed by atoms with Crippen molar-refractivity contribution in [2.75, 3.05) is 0 Å². The molecule has 0 bridgehead atoms. The zero-order chi connectivity index (χ0) is 10.9. The van der Waals surface area contributed by atoms with Crippen LogP contribution in [0.15, 0.2) is 4.60 Å². The van der Waals surface area contributed by atoms with Gasteiger partial charge in [-0.3, -0.25) is 0 Å². The van der Waals surface area contributed by atoms with Gasteiger partial charge in [0.25, 0.3) is 0 Å². The van der Waals surface area contributed by atoms with Gasteiger partial charge in [0.2, 0.25) is 0 Å². The molecular weight excluding hydrogens is 256 g/mol. The molecule has 0 aliphatic carbocycles. The minimum absolute atomic E-state index is 0.0677. The summed E-state index contributed by atoms with van der Waals surface area (Å²) in [5.41, 5.74) is -0.493. The summed E-state index contributed by atoms with van der Waals surface area (Å²) >= 11 is 2.83. The summed E-state index contributed by atoms with van der Waals surface area (Å²) in [6.07, 6.45) is 0. The van der Waals surface area contributed by atoms with E-state index in [4.69, 9.17) is 10.2 Å². The van der Waals surface area contributed by atoms with Gasteiger partial charge in [-0.1, -0.05) is 0 Å². The molecule has 1 aromatic heterocycles. The molecule has 0 amide bonds. The zero-order valence-electron chi connectivity index (χ0n) is 6.98. The molecule has 14 heavy (non-hydrogen) atoms. The van der Waals surface area contributed by atoms with Gasteiger partial charge in [-0.15, -0.1) is 0 Å². The van der Waals surface area contributed by atoms with Crippen molar-refractivity contribution in [3.8, 4) is 0 Å². The number of hydrogen-bond acceptors (Lipinski definition) is 4. The van der Waals surface area contributed by atoms with Gasteiger partial charge in [0.05, 0.1) is 5.69 Å². The molecule has 0 radical (unpaired) electrons. The second-order valence-electron chi connectivity index (χ2n) is 2.41. The predicted octanol–water partition coefficient (Wildman–Crippen LogP) is 0.944. The Balaban J connectivity index is 3.38. The number of aromatic nitrogens is 2. The van der Waals surface area contributed by atoms with Crippen molar-refractivity contribution >= 4 is 27.9 Å². The van der Waals surface area contributed by atoms with Gasteiger partial charge in [0, 0.05) is 0 Å². The highest BCUT2D eigenvalue weighted by Crippen LogP contribution is 2.14. The lowest BCUT2D eigenvalue weighted by Crippen LogP contribution is -2.11. The minimum Gasteiger partial charge on any atom is -0.476 e. The molecule has 1 rings (SSSR count). The van der Waals surface area contributed by atoms with Crippen molar-refractivity contribution in [1.82, 2.24) is 9.97 Å². The molecule has 7 heteroatoms. The number of halogens is 1. The molecule has 0 aliphatic heterocycles. The van der Waals surface area contributed by atoms with Crippen molar-refractivity contribution < 1.29 is 19.8 Å². The first kappa shape index (κ1) is 10.6. The first-order chi connectivity index (χ1) is 6.43. The van der Waals surface area contributed by atoms with E-state index in [0.717, 1.165) is 0 Å². The molecule has 6 nitrogen and oxygen atoms in total. The summed E-state index contributed by atoms with van der Waals surface area (Å²) in [7, 11) is 0. The van der Waals surface area contributed by atoms with Crippen LogP contribution in [0.25, 0.3) is 0 Å². The zero-order valence-corrected chi connectivity index (χ0v) is 8.57. The Hall–Kier alpha value is -1.50. The second-order valence-corrected chi connectivity index (χ2v) is 3.16. The largest absolute Gasteiger partial charge is 0.476 e. The highest BCUT2D eigenvalue weighted by Gasteiger charge is 2.18. The van der Waals surface area contributed by atoms with E-state index in [1.807, 2.05) is 0 Å². The third-order valence-electron chi connectivity index (χ3n) is 1.43. The highest BCUT2D eigenvalue weighted by molar-refractivity contribution is 9.10. The third kappa shape index (κ3) is 1.87. The van der Waals surface area contributed by atoms with Crippen molar-refractivity contribution in [3.05, 3.63) is 21.7 Å². The van der Waals surface area contributed by atoms with Crippen LogP contribution in [-0.4, -0.2) is 32.1 Å². The minimum atomic E-state index is -1.26. The summed E-state index contributed by atoms with van der Waals surface area (Å²) in [6, 6.07) is 0. The van der Waals surface area contributed by atoms with E-state index in [0.29, 0.717) is 0 Å². The number of rotatable bonds is 2. The van der Waals surface area contributed by atoms with Crippen LogP contribution in [0.4, 0.5) is 0 Å². The molecule has 0 saturated heterocycles. The number of aromatic carboxylic acids is 2. The molecular formula is C7H5BrN2O4. The number of nitrogens with zero attached hydrogens (tertiary/aromatic N) is 2. The maximum Gasteiger partial charge on any atom is 0.357 e. The quantitative estimate of drug-likeness (QED) is 0.821. The average molecular weight is 261 g/mol. The van der Waals surface area contributed by atoms with Crippen LogP contribution in [0.1, 0.15) is 26.7 Å². The summed E-state index contributed by atoms with van der Waals surface area (Å²) in [4.78, 5) is 28.3. The first-order valence-corrected chi connectivity index (χ1v) is 4.23. The fourth-order valence-corrected chi connectivity index (χ4v) is 1.27. The Morgan fingerprint density at radius 1 is 1.14 bits per heavy atom. The van der Waals surface area contributed by atoms with Crippen LogP contribution in [-0.2, 0) is 0 Å². The Bertz CT molecular complexity index is 379. The molecule has 0 aromatic carbocycles. The molecule has 2 N–H and O–H groups in total. The third-order valence-corrected chi connectivity index (χ3v) is 1.99. The fraction of sp³-hybridized carbons (Fsp3) is 0.143.